The van der Waals surface area contributed by atoms with E-state index in [9.17, 15) is 14.0 Å². The number of carbonyl (C=O) groups is 2. The molecule has 0 spiro atoms. The SMILES string of the molecule is Cc1cnc(NC(=O)C2(C(=O)Nc3ccc(F)cc3)CC2)nc1. The molecule has 1 aliphatic carbocycles. The van der Waals surface area contributed by atoms with Crippen molar-refractivity contribution in [1.29, 1.82) is 0 Å². The fourth-order valence-electron chi connectivity index (χ4n) is 2.14. The molecule has 1 aromatic carbocycles. The molecule has 1 heterocycles. The normalized spacial score (nSPS) is 14.9. The van der Waals surface area contributed by atoms with Crippen molar-refractivity contribution in [3.63, 3.8) is 0 Å². The number of nitrogens with one attached hydrogen (secondary N) is 2. The highest BCUT2D eigenvalue weighted by molar-refractivity contribution is 6.16. The third kappa shape index (κ3) is 3.18. The van der Waals surface area contributed by atoms with Crippen LogP contribution in [0.3, 0.4) is 0 Å². The van der Waals surface area contributed by atoms with Crippen LogP contribution in [0.2, 0.25) is 0 Å². The van der Waals surface area contributed by atoms with Gasteiger partial charge in [-0.2, -0.15) is 0 Å². The van der Waals surface area contributed by atoms with Crippen molar-refractivity contribution in [2.75, 3.05) is 10.6 Å². The number of aryl methyl sites for hydroxylation is 1. The highest BCUT2D eigenvalue weighted by Gasteiger charge is 2.56. The second-order valence-electron chi connectivity index (χ2n) is 5.58. The molecule has 6 nitrogen and oxygen atoms in total. The maximum absolute atomic E-state index is 12.9. The van der Waals surface area contributed by atoms with Gasteiger partial charge in [-0.25, -0.2) is 14.4 Å². The molecular formula is C16H15FN4O2. The lowest BCUT2D eigenvalue weighted by molar-refractivity contribution is -0.131. The first kappa shape index (κ1) is 15.1. The third-order valence-corrected chi connectivity index (χ3v) is 3.73. The van der Waals surface area contributed by atoms with Gasteiger partial charge in [0, 0.05) is 18.1 Å². The standard InChI is InChI=1S/C16H15FN4O2/c1-10-8-18-15(19-9-10)21-14(23)16(6-7-16)13(22)20-12-4-2-11(17)3-5-12/h2-5,8-9H,6-7H2,1H3,(H,20,22)(H,18,19,21,23). The molecule has 2 amide bonds. The zero-order valence-electron chi connectivity index (χ0n) is 12.5. The van der Waals surface area contributed by atoms with Gasteiger partial charge in [0.15, 0.2) is 0 Å². The van der Waals surface area contributed by atoms with Crippen LogP contribution >= 0.6 is 0 Å². The predicted octanol–water partition coefficient (Wildman–Crippen LogP) is 2.28. The van der Waals surface area contributed by atoms with Crippen LogP contribution in [0, 0.1) is 18.2 Å². The van der Waals surface area contributed by atoms with Gasteiger partial charge in [0.05, 0.1) is 0 Å². The topological polar surface area (TPSA) is 84.0 Å². The maximum Gasteiger partial charge on any atom is 0.242 e. The number of carbonyl (C=O) groups excluding carboxylic acids is 2. The largest absolute Gasteiger partial charge is 0.325 e. The molecule has 0 unspecified atom stereocenters. The molecule has 1 saturated carbocycles. The minimum absolute atomic E-state index is 0.168. The highest BCUT2D eigenvalue weighted by atomic mass is 19.1. The molecule has 0 bridgehead atoms. The van der Waals surface area contributed by atoms with E-state index in [0.717, 1.165) is 5.56 Å². The Hall–Kier alpha value is -2.83. The number of halogens is 1. The van der Waals surface area contributed by atoms with Crippen LogP contribution in [0.5, 0.6) is 0 Å². The van der Waals surface area contributed by atoms with E-state index in [2.05, 4.69) is 20.6 Å². The van der Waals surface area contributed by atoms with Crippen LogP contribution in [0.4, 0.5) is 16.0 Å². The summed E-state index contributed by atoms with van der Waals surface area (Å²) < 4.78 is 12.9. The lowest BCUT2D eigenvalue weighted by atomic mass is 10.1. The van der Waals surface area contributed by atoms with E-state index < -0.39 is 23.0 Å². The Labute approximate surface area is 132 Å². The molecule has 7 heteroatoms. The first-order valence-corrected chi connectivity index (χ1v) is 7.17. The minimum Gasteiger partial charge on any atom is -0.325 e. The van der Waals surface area contributed by atoms with E-state index in [-0.39, 0.29) is 5.95 Å². The molecule has 0 atom stereocenters. The number of benzene rings is 1. The molecule has 3 rings (SSSR count). The average molecular weight is 314 g/mol. The van der Waals surface area contributed by atoms with Crippen molar-refractivity contribution >= 4 is 23.5 Å². The summed E-state index contributed by atoms with van der Waals surface area (Å²) in [7, 11) is 0. The Morgan fingerprint density at radius 2 is 1.61 bits per heavy atom. The Kier molecular flexibility index (Phi) is 3.77. The fourth-order valence-corrected chi connectivity index (χ4v) is 2.14. The second kappa shape index (κ2) is 5.75. The summed E-state index contributed by atoms with van der Waals surface area (Å²) >= 11 is 0. The van der Waals surface area contributed by atoms with Crippen LogP contribution < -0.4 is 10.6 Å². The first-order chi connectivity index (χ1) is 11.0. The number of nitrogens with zero attached hydrogens (tertiary/aromatic N) is 2. The molecular weight excluding hydrogens is 299 g/mol. The average Bonchev–Trinajstić information content (AvgIpc) is 3.34. The van der Waals surface area contributed by atoms with Gasteiger partial charge >= 0.3 is 0 Å². The van der Waals surface area contributed by atoms with Crippen molar-refractivity contribution in [3.8, 4) is 0 Å². The van der Waals surface area contributed by atoms with Gasteiger partial charge in [-0.1, -0.05) is 0 Å². The molecule has 2 N–H and O–H groups in total. The van der Waals surface area contributed by atoms with E-state index in [1.807, 2.05) is 6.92 Å². The molecule has 0 aliphatic heterocycles. The summed E-state index contributed by atoms with van der Waals surface area (Å²) in [5, 5.41) is 5.21. The van der Waals surface area contributed by atoms with Crippen molar-refractivity contribution in [2.45, 2.75) is 19.8 Å². The van der Waals surface area contributed by atoms with Gasteiger partial charge in [-0.05, 0) is 49.6 Å². The van der Waals surface area contributed by atoms with Crippen molar-refractivity contribution in [1.82, 2.24) is 9.97 Å². The zero-order chi connectivity index (χ0) is 16.4. The summed E-state index contributed by atoms with van der Waals surface area (Å²) in [4.78, 5) is 32.7. The van der Waals surface area contributed by atoms with Crippen molar-refractivity contribution < 1.29 is 14.0 Å². The Balaban J connectivity index is 1.68. The number of anilines is 2. The molecule has 23 heavy (non-hydrogen) atoms. The maximum atomic E-state index is 12.9. The zero-order valence-corrected chi connectivity index (χ0v) is 12.5. The number of aromatic nitrogens is 2. The fraction of sp³-hybridized carbons (Fsp3) is 0.250. The lowest BCUT2D eigenvalue weighted by Gasteiger charge is -2.14. The van der Waals surface area contributed by atoms with Crippen LogP contribution in [0.25, 0.3) is 0 Å². The Bertz CT molecular complexity index is 678. The van der Waals surface area contributed by atoms with Gasteiger partial charge in [0.1, 0.15) is 11.2 Å². The minimum atomic E-state index is -1.11. The van der Waals surface area contributed by atoms with Gasteiger partial charge in [0.2, 0.25) is 17.8 Å². The summed E-state index contributed by atoms with van der Waals surface area (Å²) in [6, 6.07) is 5.39. The lowest BCUT2D eigenvalue weighted by Crippen LogP contribution is -2.36. The number of rotatable bonds is 4. The van der Waals surface area contributed by atoms with Gasteiger partial charge in [-0.15, -0.1) is 0 Å². The predicted molar refractivity (Wildman–Crippen MR) is 82.1 cm³/mol. The molecule has 1 aliphatic rings. The molecule has 2 aromatic rings. The third-order valence-electron chi connectivity index (χ3n) is 3.73. The number of amides is 2. The van der Waals surface area contributed by atoms with Crippen LogP contribution in [0.15, 0.2) is 36.7 Å². The van der Waals surface area contributed by atoms with Crippen LogP contribution in [-0.2, 0) is 9.59 Å². The summed E-state index contributed by atoms with van der Waals surface area (Å²) in [6.07, 6.45) is 4.08. The summed E-state index contributed by atoms with van der Waals surface area (Å²) in [5.41, 5.74) is 0.211. The number of hydrogen-bond acceptors (Lipinski definition) is 4. The molecule has 1 fully saturated rings. The smallest absolute Gasteiger partial charge is 0.242 e. The van der Waals surface area contributed by atoms with Crippen molar-refractivity contribution in [2.24, 2.45) is 5.41 Å². The molecule has 0 radical (unpaired) electrons. The van der Waals surface area contributed by atoms with Gasteiger partial charge in [-0.3, -0.25) is 14.9 Å². The van der Waals surface area contributed by atoms with Crippen LogP contribution in [0.1, 0.15) is 18.4 Å². The summed E-state index contributed by atoms with van der Waals surface area (Å²) in [5.74, 6) is -1.06. The molecule has 118 valence electrons. The van der Waals surface area contributed by atoms with Gasteiger partial charge in [0.25, 0.3) is 0 Å². The molecule has 0 saturated heterocycles. The monoisotopic (exact) mass is 314 g/mol. The summed E-state index contributed by atoms with van der Waals surface area (Å²) in [6.45, 7) is 1.84. The highest BCUT2D eigenvalue weighted by Crippen LogP contribution is 2.47. The van der Waals surface area contributed by atoms with E-state index >= 15 is 0 Å². The Morgan fingerprint density at radius 3 is 2.17 bits per heavy atom. The van der Waals surface area contributed by atoms with E-state index in [1.165, 1.54) is 24.3 Å². The van der Waals surface area contributed by atoms with E-state index in [0.29, 0.717) is 18.5 Å². The number of hydrogen-bond donors (Lipinski definition) is 2. The van der Waals surface area contributed by atoms with Crippen molar-refractivity contribution in [3.05, 3.63) is 48.0 Å². The van der Waals surface area contributed by atoms with Gasteiger partial charge < -0.3 is 5.32 Å². The molecule has 1 aromatic heterocycles. The second-order valence-corrected chi connectivity index (χ2v) is 5.58. The van der Waals surface area contributed by atoms with Crippen LogP contribution in [-0.4, -0.2) is 21.8 Å². The quantitative estimate of drug-likeness (QED) is 0.848. The first-order valence-electron chi connectivity index (χ1n) is 7.17. The van der Waals surface area contributed by atoms with E-state index in [4.69, 9.17) is 0 Å². The Morgan fingerprint density at radius 1 is 1.04 bits per heavy atom. The van der Waals surface area contributed by atoms with E-state index in [1.54, 1.807) is 12.4 Å².